The zero-order chi connectivity index (χ0) is 17.1. The summed E-state index contributed by atoms with van der Waals surface area (Å²) in [6.07, 6.45) is 2.63. The van der Waals surface area contributed by atoms with E-state index >= 15 is 0 Å². The van der Waals surface area contributed by atoms with Crippen molar-refractivity contribution in [1.82, 2.24) is 20.0 Å². The molecule has 3 rings (SSSR count). The SMILES string of the molecule is CNCC1CCN(C(=O)c2ccn(-c3cccc([N+](=O)[O-])c3)n2)C1. The lowest BCUT2D eigenvalue weighted by Gasteiger charge is -2.15. The summed E-state index contributed by atoms with van der Waals surface area (Å²) in [6.45, 7) is 2.35. The van der Waals surface area contributed by atoms with Crippen LogP contribution in [0.1, 0.15) is 16.9 Å². The molecule has 1 fully saturated rings. The van der Waals surface area contributed by atoms with E-state index in [2.05, 4.69) is 10.4 Å². The van der Waals surface area contributed by atoms with Gasteiger partial charge in [0.05, 0.1) is 10.6 Å². The summed E-state index contributed by atoms with van der Waals surface area (Å²) < 4.78 is 1.49. The number of carbonyl (C=O) groups excluding carboxylic acids is 1. The molecule has 1 amide bonds. The molecule has 126 valence electrons. The Morgan fingerprint density at radius 3 is 3.04 bits per heavy atom. The summed E-state index contributed by atoms with van der Waals surface area (Å²) in [5, 5.41) is 18.3. The maximum Gasteiger partial charge on any atom is 0.274 e. The van der Waals surface area contributed by atoms with E-state index in [4.69, 9.17) is 0 Å². The van der Waals surface area contributed by atoms with Crippen LogP contribution in [0.25, 0.3) is 5.69 Å². The van der Waals surface area contributed by atoms with E-state index in [0.29, 0.717) is 17.3 Å². The second-order valence-electron chi connectivity index (χ2n) is 5.89. The second kappa shape index (κ2) is 6.79. The molecule has 0 spiro atoms. The van der Waals surface area contributed by atoms with Crippen LogP contribution in [0.2, 0.25) is 0 Å². The van der Waals surface area contributed by atoms with Gasteiger partial charge in [-0.05, 0) is 38.1 Å². The van der Waals surface area contributed by atoms with Crippen molar-refractivity contribution >= 4 is 11.6 Å². The molecule has 1 aliphatic heterocycles. The molecule has 1 aromatic carbocycles. The molecule has 1 N–H and O–H groups in total. The van der Waals surface area contributed by atoms with Gasteiger partial charge in [0.15, 0.2) is 5.69 Å². The molecule has 1 atom stereocenters. The van der Waals surface area contributed by atoms with E-state index in [1.807, 2.05) is 11.9 Å². The third-order valence-corrected chi connectivity index (χ3v) is 4.18. The lowest BCUT2D eigenvalue weighted by Crippen LogP contribution is -2.30. The third kappa shape index (κ3) is 3.28. The first kappa shape index (κ1) is 16.1. The van der Waals surface area contributed by atoms with Gasteiger partial charge in [0.1, 0.15) is 0 Å². The zero-order valence-corrected chi connectivity index (χ0v) is 13.4. The summed E-state index contributed by atoms with van der Waals surface area (Å²) in [5.41, 5.74) is 0.898. The molecule has 2 aromatic rings. The Kier molecular flexibility index (Phi) is 4.57. The van der Waals surface area contributed by atoms with Crippen molar-refractivity contribution in [2.45, 2.75) is 6.42 Å². The fraction of sp³-hybridized carbons (Fsp3) is 0.375. The van der Waals surface area contributed by atoms with Crippen LogP contribution in [0.15, 0.2) is 36.5 Å². The number of hydrogen-bond acceptors (Lipinski definition) is 5. The minimum Gasteiger partial charge on any atom is -0.337 e. The van der Waals surface area contributed by atoms with Crippen LogP contribution in [0.5, 0.6) is 0 Å². The molecular formula is C16H19N5O3. The average molecular weight is 329 g/mol. The number of aromatic nitrogens is 2. The van der Waals surface area contributed by atoms with Crippen LogP contribution >= 0.6 is 0 Å². The number of rotatable bonds is 5. The number of carbonyl (C=O) groups is 1. The van der Waals surface area contributed by atoms with Gasteiger partial charge in [-0.15, -0.1) is 0 Å². The van der Waals surface area contributed by atoms with Gasteiger partial charge in [-0.2, -0.15) is 5.10 Å². The molecule has 0 bridgehead atoms. The van der Waals surface area contributed by atoms with E-state index in [0.717, 1.165) is 26.1 Å². The van der Waals surface area contributed by atoms with Crippen LogP contribution in [0, 0.1) is 16.0 Å². The minimum atomic E-state index is -0.453. The van der Waals surface area contributed by atoms with E-state index in [1.165, 1.54) is 16.8 Å². The fourth-order valence-corrected chi connectivity index (χ4v) is 2.97. The number of amides is 1. The Bertz CT molecular complexity index is 758. The van der Waals surface area contributed by atoms with Crippen molar-refractivity contribution in [3.8, 4) is 5.69 Å². The van der Waals surface area contributed by atoms with Gasteiger partial charge in [-0.25, -0.2) is 4.68 Å². The molecule has 2 heterocycles. The second-order valence-corrected chi connectivity index (χ2v) is 5.89. The maximum absolute atomic E-state index is 12.5. The van der Waals surface area contributed by atoms with E-state index in [-0.39, 0.29) is 11.6 Å². The summed E-state index contributed by atoms with van der Waals surface area (Å²) in [6, 6.07) is 7.81. The summed E-state index contributed by atoms with van der Waals surface area (Å²) >= 11 is 0. The van der Waals surface area contributed by atoms with E-state index in [1.54, 1.807) is 24.4 Å². The van der Waals surface area contributed by atoms with E-state index < -0.39 is 4.92 Å². The van der Waals surface area contributed by atoms with Crippen molar-refractivity contribution in [3.05, 3.63) is 52.3 Å². The first-order valence-corrected chi connectivity index (χ1v) is 7.83. The highest BCUT2D eigenvalue weighted by molar-refractivity contribution is 5.92. The molecular weight excluding hydrogens is 310 g/mol. The fourth-order valence-electron chi connectivity index (χ4n) is 2.97. The molecule has 0 radical (unpaired) electrons. The smallest absolute Gasteiger partial charge is 0.274 e. The first-order chi connectivity index (χ1) is 11.6. The summed E-state index contributed by atoms with van der Waals surface area (Å²) in [7, 11) is 1.91. The topological polar surface area (TPSA) is 93.3 Å². The van der Waals surface area contributed by atoms with Gasteiger partial charge >= 0.3 is 0 Å². The Hall–Kier alpha value is -2.74. The minimum absolute atomic E-state index is 0.00896. The quantitative estimate of drug-likeness (QED) is 0.662. The van der Waals surface area contributed by atoms with Gasteiger partial charge in [0.2, 0.25) is 0 Å². The van der Waals surface area contributed by atoms with Crippen LogP contribution in [-0.4, -0.2) is 52.2 Å². The van der Waals surface area contributed by atoms with Crippen LogP contribution in [-0.2, 0) is 0 Å². The Balaban J connectivity index is 1.75. The van der Waals surface area contributed by atoms with Gasteiger partial charge in [0, 0.05) is 31.4 Å². The molecule has 1 aliphatic rings. The highest BCUT2D eigenvalue weighted by atomic mass is 16.6. The number of non-ortho nitro benzene ring substituents is 1. The van der Waals surface area contributed by atoms with Gasteiger partial charge < -0.3 is 10.2 Å². The predicted molar refractivity (Wildman–Crippen MR) is 88.2 cm³/mol. The van der Waals surface area contributed by atoms with Crippen LogP contribution in [0.4, 0.5) is 5.69 Å². The summed E-state index contributed by atoms with van der Waals surface area (Å²) in [5.74, 6) is 0.371. The highest BCUT2D eigenvalue weighted by Gasteiger charge is 2.27. The van der Waals surface area contributed by atoms with Crippen molar-refractivity contribution in [3.63, 3.8) is 0 Å². The average Bonchev–Trinajstić information content (AvgIpc) is 3.24. The van der Waals surface area contributed by atoms with Gasteiger partial charge in [0.25, 0.3) is 11.6 Å². The van der Waals surface area contributed by atoms with E-state index in [9.17, 15) is 14.9 Å². The molecule has 0 aliphatic carbocycles. The van der Waals surface area contributed by atoms with Crippen molar-refractivity contribution in [1.29, 1.82) is 0 Å². The van der Waals surface area contributed by atoms with Crippen molar-refractivity contribution in [2.24, 2.45) is 5.92 Å². The maximum atomic E-state index is 12.5. The Morgan fingerprint density at radius 2 is 2.29 bits per heavy atom. The zero-order valence-electron chi connectivity index (χ0n) is 13.4. The van der Waals surface area contributed by atoms with Gasteiger partial charge in [-0.1, -0.05) is 6.07 Å². The Morgan fingerprint density at radius 1 is 1.46 bits per heavy atom. The largest absolute Gasteiger partial charge is 0.337 e. The molecule has 1 aromatic heterocycles. The number of benzene rings is 1. The standard InChI is InChI=1S/C16H19N5O3/c1-17-10-12-5-7-19(11-12)16(22)15-6-8-20(18-15)13-3-2-4-14(9-13)21(23)24/h2-4,6,8-9,12,17H,5,7,10-11H2,1H3. The highest BCUT2D eigenvalue weighted by Crippen LogP contribution is 2.19. The van der Waals surface area contributed by atoms with Gasteiger partial charge in [-0.3, -0.25) is 14.9 Å². The number of nitrogens with one attached hydrogen (secondary N) is 1. The number of hydrogen-bond donors (Lipinski definition) is 1. The Labute approximate surface area is 139 Å². The predicted octanol–water partition coefficient (Wildman–Crippen LogP) is 1.46. The molecule has 1 unspecified atom stereocenters. The molecule has 0 saturated carbocycles. The lowest BCUT2D eigenvalue weighted by atomic mass is 10.1. The molecule has 24 heavy (non-hydrogen) atoms. The van der Waals surface area contributed by atoms with Crippen LogP contribution in [0.3, 0.4) is 0 Å². The normalized spacial score (nSPS) is 17.2. The number of nitrogens with zero attached hydrogens (tertiary/aromatic N) is 4. The number of likely N-dealkylation sites (tertiary alicyclic amines) is 1. The van der Waals surface area contributed by atoms with Crippen molar-refractivity contribution < 1.29 is 9.72 Å². The summed E-state index contributed by atoms with van der Waals surface area (Å²) in [4.78, 5) is 24.8. The molecule has 1 saturated heterocycles. The molecule has 8 nitrogen and oxygen atoms in total. The monoisotopic (exact) mass is 329 g/mol. The number of nitro benzene ring substituents is 1. The lowest BCUT2D eigenvalue weighted by molar-refractivity contribution is -0.384. The third-order valence-electron chi connectivity index (χ3n) is 4.18. The number of nitro groups is 1. The van der Waals surface area contributed by atoms with Crippen LogP contribution < -0.4 is 5.32 Å². The molecule has 8 heteroatoms. The van der Waals surface area contributed by atoms with Crippen molar-refractivity contribution in [2.75, 3.05) is 26.7 Å². The first-order valence-electron chi connectivity index (χ1n) is 7.83.